The summed E-state index contributed by atoms with van der Waals surface area (Å²) in [5.74, 6) is -0.608. The van der Waals surface area contributed by atoms with E-state index in [1.54, 1.807) is 30.3 Å². The summed E-state index contributed by atoms with van der Waals surface area (Å²) in [7, 11) is -3.47. The number of carbonyl (C=O) groups is 1. The predicted molar refractivity (Wildman–Crippen MR) is 65.3 cm³/mol. The number of rotatable bonds is 2. The van der Waals surface area contributed by atoms with E-state index in [2.05, 4.69) is 0 Å². The summed E-state index contributed by atoms with van der Waals surface area (Å²) in [5, 5.41) is 0.194. The molecule has 0 bridgehead atoms. The highest BCUT2D eigenvalue weighted by Gasteiger charge is 2.09. The first-order valence-electron chi connectivity index (χ1n) is 4.10. The van der Waals surface area contributed by atoms with Crippen LogP contribution in [0, 0.1) is 0 Å². The molecule has 1 aromatic carbocycles. The predicted octanol–water partition coefficient (Wildman–Crippen LogP) is 1.80. The molecule has 0 aliphatic carbocycles. The average molecular weight is 284 g/mol. The van der Waals surface area contributed by atoms with Crippen LogP contribution < -0.4 is 4.72 Å². The van der Waals surface area contributed by atoms with Gasteiger partial charge in [-0.2, -0.15) is 0 Å². The third kappa shape index (κ3) is 7.50. The molecule has 7 heteroatoms. The molecule has 1 amide bonds. The summed E-state index contributed by atoms with van der Waals surface area (Å²) < 4.78 is 23.2. The minimum atomic E-state index is -3.47. The summed E-state index contributed by atoms with van der Waals surface area (Å²) in [6.07, 6.45) is 0.938. The van der Waals surface area contributed by atoms with E-state index in [-0.39, 0.29) is 5.34 Å². The Kier molecular flexibility index (Phi) is 7.12. The van der Waals surface area contributed by atoms with Gasteiger partial charge in [-0.3, -0.25) is 4.79 Å². The second-order valence-electron chi connectivity index (χ2n) is 2.67. The van der Waals surface area contributed by atoms with E-state index in [4.69, 9.17) is 23.2 Å². The lowest BCUT2D eigenvalue weighted by Crippen LogP contribution is -2.29. The maximum absolute atomic E-state index is 11.2. The Morgan fingerprint density at radius 1 is 1.25 bits per heavy atom. The molecule has 0 fully saturated rings. The van der Waals surface area contributed by atoms with Crippen molar-refractivity contribution in [2.75, 3.05) is 11.6 Å². The Bertz CT molecular complexity index is 420. The van der Waals surface area contributed by atoms with Crippen LogP contribution in [0.2, 0.25) is 0 Å². The summed E-state index contributed by atoms with van der Waals surface area (Å²) in [6.45, 7) is 0. The van der Waals surface area contributed by atoms with Gasteiger partial charge >= 0.3 is 0 Å². The fourth-order valence-electron chi connectivity index (χ4n) is 0.817. The number of hydrogen-bond donors (Lipinski definition) is 1. The van der Waals surface area contributed by atoms with Gasteiger partial charge in [-0.15, -0.1) is 23.2 Å². The van der Waals surface area contributed by atoms with Crippen LogP contribution in [0.15, 0.2) is 30.3 Å². The van der Waals surface area contributed by atoms with Crippen molar-refractivity contribution in [2.45, 2.75) is 0 Å². The first kappa shape index (κ1) is 15.2. The van der Waals surface area contributed by atoms with Gasteiger partial charge in [-0.25, -0.2) is 13.1 Å². The largest absolute Gasteiger partial charge is 0.268 e. The number of amides is 1. The summed E-state index contributed by atoms with van der Waals surface area (Å²) in [4.78, 5) is 11.2. The van der Waals surface area contributed by atoms with Gasteiger partial charge in [0, 0.05) is 5.56 Å². The monoisotopic (exact) mass is 283 g/mol. The Morgan fingerprint density at radius 3 is 2.06 bits per heavy atom. The molecule has 0 aliphatic heterocycles. The highest BCUT2D eigenvalue weighted by Crippen LogP contribution is 1.98. The second-order valence-corrected chi connectivity index (χ2v) is 5.23. The standard InChI is InChI=1S/C8H9NO3S.CH2Cl2/c1-13(11,12)9-8(10)7-5-3-2-4-6-7;2-1-3/h2-6H,1H3,(H,9,10);1H2. The number of halogens is 2. The normalized spacial score (nSPS) is 9.94. The molecule has 90 valence electrons. The van der Waals surface area contributed by atoms with Crippen molar-refractivity contribution in [1.29, 1.82) is 0 Å². The first-order valence-corrected chi connectivity index (χ1v) is 7.06. The molecule has 1 N–H and O–H groups in total. The number of benzene rings is 1. The Morgan fingerprint density at radius 2 is 1.69 bits per heavy atom. The lowest BCUT2D eigenvalue weighted by Gasteiger charge is -2.00. The van der Waals surface area contributed by atoms with Crippen molar-refractivity contribution in [3.63, 3.8) is 0 Å². The van der Waals surface area contributed by atoms with Crippen LogP contribution in [0.1, 0.15) is 10.4 Å². The Hall–Kier alpha value is -0.780. The van der Waals surface area contributed by atoms with Crippen LogP contribution in [-0.4, -0.2) is 25.9 Å². The van der Waals surface area contributed by atoms with Gasteiger partial charge in [-0.05, 0) is 12.1 Å². The third-order valence-electron chi connectivity index (χ3n) is 1.31. The van der Waals surface area contributed by atoms with Crippen molar-refractivity contribution in [2.24, 2.45) is 0 Å². The topological polar surface area (TPSA) is 63.2 Å². The Balaban J connectivity index is 0.000000673. The van der Waals surface area contributed by atoms with E-state index in [1.807, 2.05) is 4.72 Å². The molecule has 1 rings (SSSR count). The van der Waals surface area contributed by atoms with Crippen LogP contribution in [0.5, 0.6) is 0 Å². The third-order valence-corrected chi connectivity index (χ3v) is 1.87. The number of carbonyl (C=O) groups excluding carboxylic acids is 1. The van der Waals surface area contributed by atoms with Crippen LogP contribution in [0.25, 0.3) is 0 Å². The zero-order valence-corrected chi connectivity index (χ0v) is 10.8. The van der Waals surface area contributed by atoms with Crippen LogP contribution >= 0.6 is 23.2 Å². The highest BCUT2D eigenvalue weighted by atomic mass is 35.5. The van der Waals surface area contributed by atoms with Crippen molar-refractivity contribution in [1.82, 2.24) is 4.72 Å². The van der Waals surface area contributed by atoms with Crippen molar-refractivity contribution in [3.05, 3.63) is 35.9 Å². The molecular formula is C9H11Cl2NO3S. The molecule has 0 spiro atoms. The molecule has 0 atom stereocenters. The number of sulfonamides is 1. The van der Waals surface area contributed by atoms with Gasteiger partial charge < -0.3 is 0 Å². The molecule has 0 aliphatic rings. The van der Waals surface area contributed by atoms with Crippen LogP contribution in [0.4, 0.5) is 0 Å². The molecule has 0 saturated carbocycles. The molecular weight excluding hydrogens is 273 g/mol. The van der Waals surface area contributed by atoms with Crippen molar-refractivity contribution in [3.8, 4) is 0 Å². The minimum Gasteiger partial charge on any atom is -0.268 e. The van der Waals surface area contributed by atoms with E-state index in [9.17, 15) is 13.2 Å². The maximum Gasteiger partial charge on any atom is 0.264 e. The molecule has 0 heterocycles. The van der Waals surface area contributed by atoms with E-state index >= 15 is 0 Å². The van der Waals surface area contributed by atoms with E-state index < -0.39 is 15.9 Å². The maximum atomic E-state index is 11.2. The zero-order valence-electron chi connectivity index (χ0n) is 8.48. The Labute approximate surface area is 105 Å². The van der Waals surface area contributed by atoms with Gasteiger partial charge in [0.2, 0.25) is 10.0 Å². The van der Waals surface area contributed by atoms with Gasteiger partial charge in [0.05, 0.1) is 11.6 Å². The molecule has 0 radical (unpaired) electrons. The summed E-state index contributed by atoms with van der Waals surface area (Å²) in [5.41, 5.74) is 0.327. The average Bonchev–Trinajstić information content (AvgIpc) is 2.18. The lowest BCUT2D eigenvalue weighted by atomic mass is 10.2. The lowest BCUT2D eigenvalue weighted by molar-refractivity contribution is 0.0981. The fraction of sp³-hybridized carbons (Fsp3) is 0.222. The summed E-state index contributed by atoms with van der Waals surface area (Å²) >= 11 is 9.53. The highest BCUT2D eigenvalue weighted by molar-refractivity contribution is 7.89. The molecule has 0 saturated heterocycles. The van der Waals surface area contributed by atoms with Crippen LogP contribution in [-0.2, 0) is 10.0 Å². The smallest absolute Gasteiger partial charge is 0.264 e. The van der Waals surface area contributed by atoms with Crippen molar-refractivity contribution < 1.29 is 13.2 Å². The fourth-order valence-corrected chi connectivity index (χ4v) is 1.27. The molecule has 4 nitrogen and oxygen atoms in total. The van der Waals surface area contributed by atoms with E-state index in [1.165, 1.54) is 0 Å². The van der Waals surface area contributed by atoms with Gasteiger partial charge in [0.25, 0.3) is 5.91 Å². The number of nitrogens with one attached hydrogen (secondary N) is 1. The zero-order chi connectivity index (χ0) is 12.6. The molecule has 0 unspecified atom stereocenters. The SMILES string of the molecule is CS(=O)(=O)NC(=O)c1ccccc1.ClCCl. The number of alkyl halides is 2. The van der Waals surface area contributed by atoms with Gasteiger partial charge in [0.15, 0.2) is 0 Å². The quantitative estimate of drug-likeness (QED) is 0.842. The van der Waals surface area contributed by atoms with E-state index in [0.29, 0.717) is 5.56 Å². The second kappa shape index (κ2) is 7.49. The van der Waals surface area contributed by atoms with Crippen LogP contribution in [0.3, 0.4) is 0 Å². The van der Waals surface area contributed by atoms with Crippen molar-refractivity contribution >= 4 is 39.1 Å². The molecule has 1 aromatic rings. The molecule has 0 aromatic heterocycles. The summed E-state index contributed by atoms with van der Waals surface area (Å²) in [6, 6.07) is 8.16. The molecule has 16 heavy (non-hydrogen) atoms. The minimum absolute atomic E-state index is 0.194. The van der Waals surface area contributed by atoms with Gasteiger partial charge in [0.1, 0.15) is 0 Å². The first-order chi connectivity index (χ1) is 7.40. The van der Waals surface area contributed by atoms with E-state index in [0.717, 1.165) is 6.26 Å². The van der Waals surface area contributed by atoms with Gasteiger partial charge in [-0.1, -0.05) is 18.2 Å². The number of hydrogen-bond acceptors (Lipinski definition) is 3.